The molecule has 0 aromatic carbocycles. The number of esters is 1. The van der Waals surface area contributed by atoms with Crippen LogP contribution in [0.3, 0.4) is 0 Å². The highest BCUT2D eigenvalue weighted by atomic mass is 16.5. The molecule has 14 heavy (non-hydrogen) atoms. The van der Waals surface area contributed by atoms with E-state index >= 15 is 0 Å². The third-order valence-electron chi connectivity index (χ3n) is 1.72. The Morgan fingerprint density at radius 1 is 1.29 bits per heavy atom. The molecule has 0 rings (SSSR count). The molecule has 0 radical (unpaired) electrons. The van der Waals surface area contributed by atoms with E-state index in [1.807, 2.05) is 0 Å². The van der Waals surface area contributed by atoms with Crippen molar-refractivity contribution < 1.29 is 19.1 Å². The second-order valence-corrected chi connectivity index (χ2v) is 2.78. The second-order valence-electron chi connectivity index (χ2n) is 2.78. The summed E-state index contributed by atoms with van der Waals surface area (Å²) >= 11 is 0. The number of isocyanates is 2. The fraction of sp³-hybridized carbons (Fsp3) is 0.625. The highest BCUT2D eigenvalue weighted by Crippen LogP contribution is 2.24. The summed E-state index contributed by atoms with van der Waals surface area (Å²) in [6.07, 6.45) is 2.38. The van der Waals surface area contributed by atoms with Crippen molar-refractivity contribution in [1.82, 2.24) is 0 Å². The van der Waals surface area contributed by atoms with E-state index in [2.05, 4.69) is 14.7 Å². The number of methoxy groups -OCH3 is 1. The van der Waals surface area contributed by atoms with Gasteiger partial charge in [-0.25, -0.2) is 14.4 Å². The highest BCUT2D eigenvalue weighted by Gasteiger charge is 2.43. The minimum absolute atomic E-state index is 0.502. The van der Waals surface area contributed by atoms with E-state index < -0.39 is 17.6 Å². The molecule has 0 fully saturated rings. The topological polar surface area (TPSA) is 85.2 Å². The van der Waals surface area contributed by atoms with E-state index in [0.29, 0.717) is 0 Å². The molecule has 0 bridgehead atoms. The number of rotatable bonds is 4. The van der Waals surface area contributed by atoms with Crippen LogP contribution in [0.5, 0.6) is 0 Å². The van der Waals surface area contributed by atoms with Crippen LogP contribution in [0.25, 0.3) is 0 Å². The van der Waals surface area contributed by atoms with Gasteiger partial charge in [-0.2, -0.15) is 9.98 Å². The van der Waals surface area contributed by atoms with Gasteiger partial charge in [0.25, 0.3) is 5.66 Å². The van der Waals surface area contributed by atoms with E-state index in [0.717, 1.165) is 7.11 Å². The summed E-state index contributed by atoms with van der Waals surface area (Å²) in [5, 5.41) is 0. The Kier molecular flexibility index (Phi) is 4.43. The van der Waals surface area contributed by atoms with Crippen molar-refractivity contribution >= 4 is 18.1 Å². The molecule has 0 aromatic heterocycles. The molecule has 76 valence electrons. The van der Waals surface area contributed by atoms with E-state index in [4.69, 9.17) is 0 Å². The van der Waals surface area contributed by atoms with Crippen molar-refractivity contribution in [2.75, 3.05) is 7.11 Å². The van der Waals surface area contributed by atoms with Crippen molar-refractivity contribution in [3.63, 3.8) is 0 Å². The van der Waals surface area contributed by atoms with Gasteiger partial charge >= 0.3 is 5.97 Å². The summed E-state index contributed by atoms with van der Waals surface area (Å²) in [6, 6.07) is 0. The molecule has 0 spiro atoms. The first-order valence-electron chi connectivity index (χ1n) is 3.81. The van der Waals surface area contributed by atoms with Crippen LogP contribution in [-0.2, 0) is 19.1 Å². The smallest absolute Gasteiger partial charge is 0.358 e. The molecule has 6 nitrogen and oxygen atoms in total. The molecule has 6 heteroatoms. The summed E-state index contributed by atoms with van der Waals surface area (Å²) in [4.78, 5) is 38.0. The Morgan fingerprint density at radius 3 is 1.93 bits per heavy atom. The third-order valence-corrected chi connectivity index (χ3v) is 1.72. The molecule has 0 saturated carbocycles. The third kappa shape index (κ3) is 2.13. The highest BCUT2D eigenvalue weighted by molar-refractivity contribution is 5.83. The quantitative estimate of drug-likeness (QED) is 0.366. The van der Waals surface area contributed by atoms with E-state index in [1.54, 1.807) is 13.8 Å². The predicted molar refractivity (Wildman–Crippen MR) is 45.8 cm³/mol. The van der Waals surface area contributed by atoms with E-state index in [1.165, 1.54) is 12.2 Å². The molecule has 0 unspecified atom stereocenters. The molecule has 0 aromatic rings. The van der Waals surface area contributed by atoms with Gasteiger partial charge in [-0.15, -0.1) is 0 Å². The van der Waals surface area contributed by atoms with E-state index in [9.17, 15) is 14.4 Å². The lowest BCUT2D eigenvalue weighted by molar-refractivity contribution is -0.148. The van der Waals surface area contributed by atoms with Crippen molar-refractivity contribution in [1.29, 1.82) is 0 Å². The lowest BCUT2D eigenvalue weighted by Gasteiger charge is -2.22. The number of aliphatic imine (C=N–C) groups is 2. The molecule has 0 aliphatic heterocycles. The Hall–Kier alpha value is -1.77. The lowest BCUT2D eigenvalue weighted by atomic mass is 9.97. The Morgan fingerprint density at radius 2 is 1.71 bits per heavy atom. The molecule has 0 amide bonds. The van der Waals surface area contributed by atoms with Crippen LogP contribution in [0, 0.1) is 5.92 Å². The zero-order valence-electron chi connectivity index (χ0n) is 8.10. The number of carbonyl (C=O) groups excluding carboxylic acids is 3. The van der Waals surface area contributed by atoms with Crippen molar-refractivity contribution in [2.45, 2.75) is 19.5 Å². The fourth-order valence-corrected chi connectivity index (χ4v) is 0.900. The average Bonchev–Trinajstić information content (AvgIpc) is 2.15. The Balaban J connectivity index is 5.47. The molecular formula is C8H10N2O4. The fourth-order valence-electron chi connectivity index (χ4n) is 0.900. The van der Waals surface area contributed by atoms with Crippen LogP contribution in [0.2, 0.25) is 0 Å². The summed E-state index contributed by atoms with van der Waals surface area (Å²) in [5.41, 5.74) is -1.85. The van der Waals surface area contributed by atoms with Gasteiger partial charge in [-0.05, 0) is 0 Å². The molecule has 0 aliphatic carbocycles. The van der Waals surface area contributed by atoms with Crippen LogP contribution in [0.15, 0.2) is 9.98 Å². The molecule has 0 N–H and O–H groups in total. The van der Waals surface area contributed by atoms with Gasteiger partial charge in [-0.3, -0.25) is 0 Å². The van der Waals surface area contributed by atoms with Gasteiger partial charge in [0.15, 0.2) is 0 Å². The van der Waals surface area contributed by atoms with Crippen LogP contribution in [0.4, 0.5) is 0 Å². The van der Waals surface area contributed by atoms with Gasteiger partial charge in [0, 0.05) is 5.92 Å². The maximum atomic E-state index is 11.3. The lowest BCUT2D eigenvalue weighted by Crippen LogP contribution is -2.41. The Labute approximate surface area is 80.7 Å². The first-order chi connectivity index (χ1) is 6.55. The zero-order valence-corrected chi connectivity index (χ0v) is 8.10. The average molecular weight is 198 g/mol. The van der Waals surface area contributed by atoms with Crippen LogP contribution in [-0.4, -0.2) is 30.9 Å². The number of ether oxygens (including phenoxy) is 1. The second kappa shape index (κ2) is 5.07. The van der Waals surface area contributed by atoms with Crippen molar-refractivity contribution in [2.24, 2.45) is 15.9 Å². The minimum atomic E-state index is -1.85. The normalized spacial score (nSPS) is 13.4. The molecule has 0 saturated heterocycles. The monoisotopic (exact) mass is 198 g/mol. The summed E-state index contributed by atoms with van der Waals surface area (Å²) in [5.74, 6) is -1.39. The van der Waals surface area contributed by atoms with Crippen LogP contribution < -0.4 is 0 Å². The molecular weight excluding hydrogens is 188 g/mol. The molecule has 0 atom stereocenters. The van der Waals surface area contributed by atoms with Crippen LogP contribution in [0.1, 0.15) is 13.8 Å². The van der Waals surface area contributed by atoms with E-state index in [-0.39, 0.29) is 0 Å². The first kappa shape index (κ1) is 12.2. The largest absolute Gasteiger partial charge is 0.466 e. The van der Waals surface area contributed by atoms with Gasteiger partial charge in [-0.1, -0.05) is 13.8 Å². The van der Waals surface area contributed by atoms with Crippen LogP contribution >= 0.6 is 0 Å². The predicted octanol–water partition coefficient (Wildman–Crippen LogP) is 0.183. The Bertz CT molecular complexity index is 293. The van der Waals surface area contributed by atoms with Gasteiger partial charge in [0.1, 0.15) is 0 Å². The standard InChI is InChI=1S/C8H10N2O4/c1-6(2)8(9-4-11,10-5-12)7(13)14-3/h6H,1-3H3. The molecule has 0 heterocycles. The number of nitrogens with zero attached hydrogens (tertiary/aromatic N) is 2. The minimum Gasteiger partial charge on any atom is -0.466 e. The van der Waals surface area contributed by atoms with Gasteiger partial charge in [0.2, 0.25) is 12.2 Å². The number of carbonyl (C=O) groups is 1. The molecule has 0 aliphatic rings. The maximum absolute atomic E-state index is 11.3. The summed E-state index contributed by atoms with van der Waals surface area (Å²) in [6.45, 7) is 3.14. The SMILES string of the molecule is COC(=O)C(N=C=O)(N=C=O)C(C)C. The zero-order chi connectivity index (χ0) is 11.2. The van der Waals surface area contributed by atoms with Crippen molar-refractivity contribution in [3.05, 3.63) is 0 Å². The summed E-state index contributed by atoms with van der Waals surface area (Å²) < 4.78 is 4.40. The number of hydrogen-bond acceptors (Lipinski definition) is 6. The summed E-state index contributed by atoms with van der Waals surface area (Å²) in [7, 11) is 1.11. The van der Waals surface area contributed by atoms with Gasteiger partial charge in [0.05, 0.1) is 7.11 Å². The first-order valence-corrected chi connectivity index (χ1v) is 3.81. The van der Waals surface area contributed by atoms with Gasteiger partial charge < -0.3 is 4.74 Å². The van der Waals surface area contributed by atoms with Crippen molar-refractivity contribution in [3.8, 4) is 0 Å². The maximum Gasteiger partial charge on any atom is 0.358 e. The number of hydrogen-bond donors (Lipinski definition) is 0.